The third-order valence-corrected chi connectivity index (χ3v) is 7.32. The summed E-state index contributed by atoms with van der Waals surface area (Å²) in [6.45, 7) is 2.20. The van der Waals surface area contributed by atoms with Gasteiger partial charge in [-0.05, 0) is 56.5 Å². The summed E-state index contributed by atoms with van der Waals surface area (Å²) in [5, 5.41) is 51.7. The number of alkyl halides is 2. The van der Waals surface area contributed by atoms with E-state index in [9.17, 15) is 34.0 Å². The van der Waals surface area contributed by atoms with Crippen LogP contribution in [0.5, 0.6) is 11.5 Å². The van der Waals surface area contributed by atoms with Crippen LogP contribution in [-0.4, -0.2) is 48.3 Å². The van der Waals surface area contributed by atoms with Crippen molar-refractivity contribution in [2.24, 2.45) is 0 Å². The Labute approximate surface area is 219 Å². The minimum Gasteiger partial charge on any atom is -0.512 e. The SMILES string of the molecule is CC(C)(c1cc2cc(NC(=O)C3(c4ccc5c(c4)OC(F)(F)O5)CC3)c(F)cc2n1C/C(O)=C/O)C(O)(O)O. The van der Waals surface area contributed by atoms with Gasteiger partial charge in [-0.1, -0.05) is 6.07 Å². The lowest BCUT2D eigenvalue weighted by atomic mass is 9.86. The largest absolute Gasteiger partial charge is 0.586 e. The van der Waals surface area contributed by atoms with Crippen molar-refractivity contribution in [2.75, 3.05) is 5.32 Å². The first-order valence-electron chi connectivity index (χ1n) is 11.8. The van der Waals surface area contributed by atoms with Crippen LogP contribution >= 0.6 is 0 Å². The molecule has 1 aliphatic heterocycles. The predicted octanol–water partition coefficient (Wildman–Crippen LogP) is 3.64. The number of benzene rings is 2. The van der Waals surface area contributed by atoms with Crippen molar-refractivity contribution in [3.63, 3.8) is 0 Å². The van der Waals surface area contributed by atoms with Crippen LogP contribution in [0, 0.1) is 5.82 Å². The molecule has 0 bridgehead atoms. The number of halogens is 3. The van der Waals surface area contributed by atoms with Crippen LogP contribution < -0.4 is 14.8 Å². The Bertz CT molecular complexity index is 1520. The lowest BCUT2D eigenvalue weighted by molar-refractivity contribution is -0.347. The maximum atomic E-state index is 15.3. The van der Waals surface area contributed by atoms with E-state index in [0.29, 0.717) is 30.1 Å². The lowest BCUT2D eigenvalue weighted by Gasteiger charge is -2.34. The van der Waals surface area contributed by atoms with Crippen molar-refractivity contribution in [3.8, 4) is 11.5 Å². The number of nitrogens with zero attached hydrogens (tertiary/aromatic N) is 1. The van der Waals surface area contributed by atoms with Crippen LogP contribution in [0.1, 0.15) is 37.9 Å². The number of carbonyl (C=O) groups excluding carboxylic acids is 1. The second kappa shape index (κ2) is 8.53. The number of allylic oxidation sites excluding steroid dienone is 1. The van der Waals surface area contributed by atoms with Gasteiger partial charge >= 0.3 is 6.29 Å². The number of fused-ring (bicyclic) bond motifs is 2. The van der Waals surface area contributed by atoms with Crippen LogP contribution in [0.25, 0.3) is 10.9 Å². The monoisotopic (exact) mass is 550 g/mol. The second-order valence-electron chi connectivity index (χ2n) is 10.3. The van der Waals surface area contributed by atoms with Crippen LogP contribution in [0.3, 0.4) is 0 Å². The van der Waals surface area contributed by atoms with E-state index in [-0.39, 0.29) is 28.4 Å². The minimum atomic E-state index is -3.81. The average molecular weight is 550 g/mol. The molecule has 2 heterocycles. The Hall–Kier alpha value is -3.94. The van der Waals surface area contributed by atoms with E-state index in [4.69, 9.17) is 5.11 Å². The molecule has 0 unspecified atom stereocenters. The molecule has 0 radical (unpaired) electrons. The first-order chi connectivity index (χ1) is 18.1. The van der Waals surface area contributed by atoms with Crippen molar-refractivity contribution >= 4 is 22.5 Å². The molecule has 0 atom stereocenters. The number of rotatable bonds is 7. The van der Waals surface area contributed by atoms with E-state index in [1.807, 2.05) is 0 Å². The molecular weight excluding hydrogens is 525 g/mol. The summed E-state index contributed by atoms with van der Waals surface area (Å²) < 4.78 is 52.3. The van der Waals surface area contributed by atoms with E-state index in [1.165, 1.54) is 48.7 Å². The smallest absolute Gasteiger partial charge is 0.512 e. The number of aromatic nitrogens is 1. The summed E-state index contributed by atoms with van der Waals surface area (Å²) in [5.74, 6) is -5.56. The molecular formula is C26H25F3N2O8. The van der Waals surface area contributed by atoms with Crippen LogP contribution in [0.15, 0.2) is 48.4 Å². The number of ether oxygens (including phenoxy) is 2. The van der Waals surface area contributed by atoms with E-state index < -0.39 is 47.1 Å². The van der Waals surface area contributed by atoms with Gasteiger partial charge in [-0.25, -0.2) is 4.39 Å². The van der Waals surface area contributed by atoms with Crippen molar-refractivity contribution in [3.05, 3.63) is 65.5 Å². The van der Waals surface area contributed by atoms with E-state index >= 15 is 4.39 Å². The quantitative estimate of drug-likeness (QED) is 0.193. The Morgan fingerprint density at radius 2 is 1.77 bits per heavy atom. The van der Waals surface area contributed by atoms with Crippen molar-refractivity contribution in [2.45, 2.75) is 56.3 Å². The topological polar surface area (TPSA) is 154 Å². The molecule has 2 aromatic carbocycles. The summed E-state index contributed by atoms with van der Waals surface area (Å²) >= 11 is 0. The summed E-state index contributed by atoms with van der Waals surface area (Å²) in [4.78, 5) is 13.3. The zero-order chi connectivity index (χ0) is 28.5. The standard InChI is InChI=1S/C26H25F3N2O8/c1-23(2,25(35,36)37)21-8-13-7-17(16(27)10-18(13)31(21)11-15(33)12-32)30-22(34)24(5-6-24)14-3-4-19-20(9-14)39-26(28,29)38-19/h3-4,7-10,12,32-33,35-37H,5-6,11H2,1-2H3,(H,30,34)/b15-12-. The van der Waals surface area contributed by atoms with Crippen molar-refractivity contribution in [1.29, 1.82) is 0 Å². The summed E-state index contributed by atoms with van der Waals surface area (Å²) in [6, 6.07) is 7.79. The summed E-state index contributed by atoms with van der Waals surface area (Å²) in [6.07, 6.45) is -2.63. The number of amides is 1. The second-order valence-corrected chi connectivity index (χ2v) is 10.3. The van der Waals surface area contributed by atoms with Gasteiger partial charge in [0, 0.05) is 17.1 Å². The van der Waals surface area contributed by atoms with Gasteiger partial charge in [0.05, 0.1) is 28.6 Å². The molecule has 1 saturated carbocycles. The fourth-order valence-electron chi connectivity index (χ4n) is 4.70. The Morgan fingerprint density at radius 3 is 2.38 bits per heavy atom. The molecule has 1 amide bonds. The number of hydrogen-bond acceptors (Lipinski definition) is 8. The number of hydrogen-bond donors (Lipinski definition) is 6. The highest BCUT2D eigenvalue weighted by molar-refractivity contribution is 6.03. The predicted molar refractivity (Wildman–Crippen MR) is 130 cm³/mol. The van der Waals surface area contributed by atoms with Crippen LogP contribution in [0.2, 0.25) is 0 Å². The molecule has 1 aliphatic carbocycles. The fraction of sp³-hybridized carbons (Fsp3) is 0.346. The number of nitrogens with one attached hydrogen (secondary N) is 1. The maximum absolute atomic E-state index is 15.3. The normalized spacial score (nSPS) is 17.9. The number of carbonyl (C=O) groups is 1. The average Bonchev–Trinajstić information content (AvgIpc) is 3.49. The molecule has 39 heavy (non-hydrogen) atoms. The Morgan fingerprint density at radius 1 is 1.10 bits per heavy atom. The molecule has 1 aromatic heterocycles. The highest BCUT2D eigenvalue weighted by Gasteiger charge is 2.53. The molecule has 10 nitrogen and oxygen atoms in total. The van der Waals surface area contributed by atoms with Gasteiger partial charge in [0.25, 0.3) is 5.97 Å². The first kappa shape index (κ1) is 26.7. The van der Waals surface area contributed by atoms with Gasteiger partial charge in [0.15, 0.2) is 11.5 Å². The van der Waals surface area contributed by atoms with E-state index in [1.54, 1.807) is 0 Å². The molecule has 6 N–H and O–H groups in total. The third kappa shape index (κ3) is 4.41. The molecule has 2 aliphatic rings. The molecule has 3 aromatic rings. The molecule has 13 heteroatoms. The number of aliphatic hydroxyl groups is 5. The maximum Gasteiger partial charge on any atom is 0.586 e. The number of aliphatic hydroxyl groups excluding tert-OH is 2. The first-order valence-corrected chi connectivity index (χ1v) is 11.8. The van der Waals surface area contributed by atoms with Gasteiger partial charge in [0.1, 0.15) is 17.8 Å². The summed E-state index contributed by atoms with van der Waals surface area (Å²) in [7, 11) is 0. The fourth-order valence-corrected chi connectivity index (χ4v) is 4.70. The molecule has 5 rings (SSSR count). The van der Waals surface area contributed by atoms with Crippen LogP contribution in [0.4, 0.5) is 18.9 Å². The van der Waals surface area contributed by atoms with E-state index in [2.05, 4.69) is 14.8 Å². The zero-order valence-corrected chi connectivity index (χ0v) is 20.7. The molecule has 0 saturated heterocycles. The van der Waals surface area contributed by atoms with Gasteiger partial charge in [-0.3, -0.25) is 4.79 Å². The highest BCUT2D eigenvalue weighted by atomic mass is 19.3. The molecule has 1 fully saturated rings. The van der Waals surface area contributed by atoms with E-state index in [0.717, 1.165) is 6.07 Å². The van der Waals surface area contributed by atoms with Crippen molar-refractivity contribution < 1.29 is 53.0 Å². The minimum absolute atomic E-state index is 0.0668. The highest BCUT2D eigenvalue weighted by Crippen LogP contribution is 2.52. The van der Waals surface area contributed by atoms with Gasteiger partial charge in [-0.15, -0.1) is 8.78 Å². The third-order valence-electron chi connectivity index (χ3n) is 7.32. The summed E-state index contributed by atoms with van der Waals surface area (Å²) in [5.41, 5.74) is -2.44. The van der Waals surface area contributed by atoms with Gasteiger partial charge in [-0.2, -0.15) is 0 Å². The molecule has 208 valence electrons. The van der Waals surface area contributed by atoms with Gasteiger partial charge in [0.2, 0.25) is 5.91 Å². The van der Waals surface area contributed by atoms with Crippen LogP contribution in [-0.2, 0) is 22.2 Å². The molecule has 0 spiro atoms. The van der Waals surface area contributed by atoms with Gasteiger partial charge < -0.3 is 44.9 Å². The Kier molecular flexibility index (Phi) is 5.83. The number of anilines is 1. The Balaban J connectivity index is 1.50. The zero-order valence-electron chi connectivity index (χ0n) is 20.7. The lowest BCUT2D eigenvalue weighted by Crippen LogP contribution is -2.48. The van der Waals surface area contributed by atoms with Crippen molar-refractivity contribution in [1.82, 2.24) is 4.57 Å².